The Labute approximate surface area is 103 Å². The molecule has 1 aromatic rings. The molecule has 0 fully saturated rings. The molecule has 0 bridgehead atoms. The summed E-state index contributed by atoms with van der Waals surface area (Å²) < 4.78 is 0. The van der Waals surface area contributed by atoms with Gasteiger partial charge in [-0.3, -0.25) is 0 Å². The molecule has 0 aliphatic carbocycles. The van der Waals surface area contributed by atoms with Crippen molar-refractivity contribution in [3.63, 3.8) is 0 Å². The standard InChI is InChI=1S/C12H23N5/c1-12(2,3)8-15-11-9(5-6-13)10(14-4)7-16-17-11/h7H,5-6,8,13H2,1-4H3,(H2,14,15,17). The maximum absolute atomic E-state index is 5.63. The Bertz CT molecular complexity index is 356. The van der Waals surface area contributed by atoms with Crippen molar-refractivity contribution in [2.45, 2.75) is 27.2 Å². The molecule has 0 aliphatic heterocycles. The Kier molecular flexibility index (Phi) is 4.69. The fourth-order valence-corrected chi connectivity index (χ4v) is 1.51. The third kappa shape index (κ3) is 4.19. The minimum absolute atomic E-state index is 0.206. The van der Waals surface area contributed by atoms with Crippen molar-refractivity contribution in [3.8, 4) is 0 Å². The zero-order valence-corrected chi connectivity index (χ0v) is 11.2. The van der Waals surface area contributed by atoms with Gasteiger partial charge >= 0.3 is 0 Å². The molecule has 0 spiro atoms. The van der Waals surface area contributed by atoms with Crippen LogP contribution in [0.1, 0.15) is 26.3 Å². The number of anilines is 2. The lowest BCUT2D eigenvalue weighted by Crippen LogP contribution is -2.21. The molecule has 0 amide bonds. The number of rotatable bonds is 5. The van der Waals surface area contributed by atoms with Crippen LogP contribution < -0.4 is 16.4 Å². The van der Waals surface area contributed by atoms with Crippen molar-refractivity contribution in [3.05, 3.63) is 11.8 Å². The van der Waals surface area contributed by atoms with Crippen LogP contribution in [-0.2, 0) is 6.42 Å². The van der Waals surface area contributed by atoms with Crippen LogP contribution in [0.15, 0.2) is 6.20 Å². The zero-order valence-electron chi connectivity index (χ0n) is 11.2. The van der Waals surface area contributed by atoms with Gasteiger partial charge in [0.2, 0.25) is 0 Å². The lowest BCUT2D eigenvalue weighted by atomic mass is 9.97. The summed E-state index contributed by atoms with van der Waals surface area (Å²) >= 11 is 0. The van der Waals surface area contributed by atoms with Crippen molar-refractivity contribution < 1.29 is 0 Å². The van der Waals surface area contributed by atoms with E-state index in [1.807, 2.05) is 7.05 Å². The zero-order chi connectivity index (χ0) is 12.9. The van der Waals surface area contributed by atoms with Gasteiger partial charge in [0.05, 0.1) is 11.9 Å². The summed E-state index contributed by atoms with van der Waals surface area (Å²) in [5.74, 6) is 0.831. The van der Waals surface area contributed by atoms with Crippen molar-refractivity contribution in [1.82, 2.24) is 10.2 Å². The van der Waals surface area contributed by atoms with Crippen molar-refractivity contribution in [2.75, 3.05) is 30.8 Å². The van der Waals surface area contributed by atoms with E-state index in [-0.39, 0.29) is 5.41 Å². The lowest BCUT2D eigenvalue weighted by molar-refractivity contribution is 0.442. The summed E-state index contributed by atoms with van der Waals surface area (Å²) in [7, 11) is 1.88. The Hall–Kier alpha value is -1.36. The highest BCUT2D eigenvalue weighted by Gasteiger charge is 2.13. The summed E-state index contributed by atoms with van der Waals surface area (Å²) in [6.45, 7) is 7.99. The quantitative estimate of drug-likeness (QED) is 0.723. The van der Waals surface area contributed by atoms with Crippen LogP contribution in [0, 0.1) is 5.41 Å². The van der Waals surface area contributed by atoms with Crippen LogP contribution in [0.25, 0.3) is 0 Å². The van der Waals surface area contributed by atoms with E-state index < -0.39 is 0 Å². The third-order valence-corrected chi connectivity index (χ3v) is 2.41. The molecule has 1 heterocycles. The number of nitrogens with two attached hydrogens (primary N) is 1. The number of hydrogen-bond donors (Lipinski definition) is 3. The van der Waals surface area contributed by atoms with Gasteiger partial charge in [-0.05, 0) is 18.4 Å². The number of nitrogens with one attached hydrogen (secondary N) is 2. The van der Waals surface area contributed by atoms with Gasteiger partial charge in [0.1, 0.15) is 0 Å². The molecule has 17 heavy (non-hydrogen) atoms. The second kappa shape index (κ2) is 5.82. The lowest BCUT2D eigenvalue weighted by Gasteiger charge is -2.21. The first-order chi connectivity index (χ1) is 7.98. The summed E-state index contributed by atoms with van der Waals surface area (Å²) in [6, 6.07) is 0. The van der Waals surface area contributed by atoms with E-state index >= 15 is 0 Å². The highest BCUT2D eigenvalue weighted by molar-refractivity contribution is 5.60. The SMILES string of the molecule is CNc1cnnc(NCC(C)(C)C)c1CCN. The monoisotopic (exact) mass is 237 g/mol. The van der Waals surface area contributed by atoms with Gasteiger partial charge in [0, 0.05) is 19.2 Å². The average Bonchev–Trinajstić information content (AvgIpc) is 2.27. The highest BCUT2D eigenvalue weighted by atomic mass is 15.2. The molecular formula is C12H23N5. The van der Waals surface area contributed by atoms with Crippen molar-refractivity contribution in [2.24, 2.45) is 11.1 Å². The molecule has 0 saturated heterocycles. The normalized spacial score (nSPS) is 11.4. The Morgan fingerprint density at radius 1 is 1.35 bits per heavy atom. The van der Waals surface area contributed by atoms with E-state index in [2.05, 4.69) is 41.6 Å². The Balaban J connectivity index is 2.89. The summed E-state index contributed by atoms with van der Waals surface area (Å²) in [4.78, 5) is 0. The van der Waals surface area contributed by atoms with E-state index in [9.17, 15) is 0 Å². The van der Waals surface area contributed by atoms with E-state index in [0.717, 1.165) is 30.0 Å². The Morgan fingerprint density at radius 3 is 2.59 bits per heavy atom. The first-order valence-electron chi connectivity index (χ1n) is 5.94. The van der Waals surface area contributed by atoms with Crippen molar-refractivity contribution in [1.29, 1.82) is 0 Å². The molecule has 0 atom stereocenters. The van der Waals surface area contributed by atoms with Crippen LogP contribution in [-0.4, -0.2) is 30.3 Å². The minimum Gasteiger partial charge on any atom is -0.386 e. The predicted molar refractivity (Wildman–Crippen MR) is 72.3 cm³/mol. The van der Waals surface area contributed by atoms with Gasteiger partial charge in [0.15, 0.2) is 5.82 Å². The Morgan fingerprint density at radius 2 is 2.06 bits per heavy atom. The fourth-order valence-electron chi connectivity index (χ4n) is 1.51. The molecule has 5 heteroatoms. The summed E-state index contributed by atoms with van der Waals surface area (Å²) in [6.07, 6.45) is 2.52. The number of hydrogen-bond acceptors (Lipinski definition) is 5. The molecule has 0 saturated carbocycles. The summed E-state index contributed by atoms with van der Waals surface area (Å²) in [5.41, 5.74) is 7.93. The molecule has 5 nitrogen and oxygen atoms in total. The maximum atomic E-state index is 5.63. The van der Waals surface area contributed by atoms with Crippen LogP contribution in [0.2, 0.25) is 0 Å². The molecule has 0 aromatic carbocycles. The second-order valence-electron chi connectivity index (χ2n) is 5.29. The van der Waals surface area contributed by atoms with Gasteiger partial charge in [-0.1, -0.05) is 20.8 Å². The smallest absolute Gasteiger partial charge is 0.154 e. The summed E-state index contributed by atoms with van der Waals surface area (Å²) in [5, 5.41) is 14.6. The molecule has 4 N–H and O–H groups in total. The molecular weight excluding hydrogens is 214 g/mol. The van der Waals surface area contributed by atoms with Gasteiger partial charge in [-0.25, -0.2) is 0 Å². The topological polar surface area (TPSA) is 75.9 Å². The maximum Gasteiger partial charge on any atom is 0.154 e. The van der Waals surface area contributed by atoms with E-state index in [1.165, 1.54) is 0 Å². The molecule has 1 rings (SSSR count). The number of nitrogens with zero attached hydrogens (tertiary/aromatic N) is 2. The van der Waals surface area contributed by atoms with E-state index in [4.69, 9.17) is 5.73 Å². The van der Waals surface area contributed by atoms with Crippen LogP contribution in [0.4, 0.5) is 11.5 Å². The van der Waals surface area contributed by atoms with Gasteiger partial charge < -0.3 is 16.4 Å². The first-order valence-corrected chi connectivity index (χ1v) is 5.94. The van der Waals surface area contributed by atoms with Gasteiger partial charge in [0.25, 0.3) is 0 Å². The van der Waals surface area contributed by atoms with Gasteiger partial charge in [-0.2, -0.15) is 5.10 Å². The van der Waals surface area contributed by atoms with Crippen LogP contribution in [0.5, 0.6) is 0 Å². The fraction of sp³-hybridized carbons (Fsp3) is 0.667. The van der Waals surface area contributed by atoms with Crippen LogP contribution in [0.3, 0.4) is 0 Å². The molecule has 0 radical (unpaired) electrons. The van der Waals surface area contributed by atoms with Crippen molar-refractivity contribution >= 4 is 11.5 Å². The largest absolute Gasteiger partial charge is 0.386 e. The van der Waals surface area contributed by atoms with Crippen LogP contribution >= 0.6 is 0 Å². The van der Waals surface area contributed by atoms with Gasteiger partial charge in [-0.15, -0.1) is 5.10 Å². The third-order valence-electron chi connectivity index (χ3n) is 2.41. The minimum atomic E-state index is 0.206. The average molecular weight is 237 g/mol. The highest BCUT2D eigenvalue weighted by Crippen LogP contribution is 2.22. The molecule has 96 valence electrons. The number of aromatic nitrogens is 2. The second-order valence-corrected chi connectivity index (χ2v) is 5.29. The van der Waals surface area contributed by atoms with E-state index in [1.54, 1.807) is 6.20 Å². The molecule has 0 aliphatic rings. The molecule has 0 unspecified atom stereocenters. The predicted octanol–water partition coefficient (Wildman–Crippen LogP) is 1.48. The molecule has 1 aromatic heterocycles. The first kappa shape index (κ1) is 13.7. The van der Waals surface area contributed by atoms with E-state index in [0.29, 0.717) is 6.54 Å².